The molecule has 2 rings (SSSR count). The molecule has 1 aromatic carbocycles. The zero-order valence-corrected chi connectivity index (χ0v) is 11.0. The summed E-state index contributed by atoms with van der Waals surface area (Å²) in [6.07, 6.45) is 2.73. The van der Waals surface area contributed by atoms with Crippen molar-refractivity contribution in [3.8, 4) is 5.75 Å². The molecule has 0 bridgehead atoms. The third kappa shape index (κ3) is 3.30. The average Bonchev–Trinajstić information content (AvgIpc) is 2.83. The van der Waals surface area contributed by atoms with Crippen molar-refractivity contribution in [3.05, 3.63) is 18.2 Å². The molecule has 17 heavy (non-hydrogen) atoms. The number of nitrogens with two attached hydrogens (primary N) is 1. The molecule has 1 heterocycles. The van der Waals surface area contributed by atoms with Gasteiger partial charge in [0.15, 0.2) is 0 Å². The van der Waals surface area contributed by atoms with Gasteiger partial charge in [-0.1, -0.05) is 6.07 Å². The lowest BCUT2D eigenvalue weighted by Gasteiger charge is -2.13. The number of hydrogen-bond donors (Lipinski definition) is 1. The first-order valence-corrected chi connectivity index (χ1v) is 7.05. The molecule has 0 aromatic heterocycles. The van der Waals surface area contributed by atoms with Gasteiger partial charge >= 0.3 is 0 Å². The highest BCUT2D eigenvalue weighted by atomic mass is 32.2. The average molecular weight is 253 g/mol. The molecule has 1 aliphatic heterocycles. The Morgan fingerprint density at radius 3 is 3.12 bits per heavy atom. The molecule has 3 nitrogen and oxygen atoms in total. The summed E-state index contributed by atoms with van der Waals surface area (Å²) < 4.78 is 11.1. The number of ether oxygens (including phenoxy) is 2. The zero-order valence-electron chi connectivity index (χ0n) is 10.1. The van der Waals surface area contributed by atoms with Crippen LogP contribution in [0.1, 0.15) is 19.8 Å². The van der Waals surface area contributed by atoms with Gasteiger partial charge < -0.3 is 15.2 Å². The van der Waals surface area contributed by atoms with Crippen LogP contribution < -0.4 is 10.5 Å². The Hall–Kier alpha value is -0.870. The number of nitrogen functional groups attached to an aromatic ring is 1. The highest BCUT2D eigenvalue weighted by Crippen LogP contribution is 2.34. The summed E-state index contributed by atoms with van der Waals surface area (Å²) in [4.78, 5) is 1.09. The van der Waals surface area contributed by atoms with Crippen LogP contribution in [0.25, 0.3) is 0 Å². The summed E-state index contributed by atoms with van der Waals surface area (Å²) >= 11 is 1.75. The Morgan fingerprint density at radius 1 is 1.53 bits per heavy atom. The van der Waals surface area contributed by atoms with Crippen LogP contribution >= 0.6 is 11.8 Å². The van der Waals surface area contributed by atoms with Gasteiger partial charge in [0, 0.05) is 17.3 Å². The van der Waals surface area contributed by atoms with Crippen LogP contribution in [0.4, 0.5) is 5.69 Å². The van der Waals surface area contributed by atoms with Crippen molar-refractivity contribution in [1.29, 1.82) is 0 Å². The van der Waals surface area contributed by atoms with Crippen LogP contribution in [-0.2, 0) is 4.74 Å². The van der Waals surface area contributed by atoms with Crippen molar-refractivity contribution in [1.82, 2.24) is 0 Å². The van der Waals surface area contributed by atoms with E-state index in [9.17, 15) is 0 Å². The Kier molecular flexibility index (Phi) is 4.57. The van der Waals surface area contributed by atoms with Crippen LogP contribution in [0.15, 0.2) is 23.1 Å². The molecule has 0 spiro atoms. The largest absolute Gasteiger partial charge is 0.492 e. The third-order valence-corrected chi connectivity index (χ3v) is 3.98. The number of rotatable bonds is 5. The van der Waals surface area contributed by atoms with Crippen molar-refractivity contribution < 1.29 is 9.47 Å². The Morgan fingerprint density at radius 2 is 2.41 bits per heavy atom. The van der Waals surface area contributed by atoms with E-state index in [1.165, 1.54) is 6.42 Å². The van der Waals surface area contributed by atoms with E-state index in [4.69, 9.17) is 15.2 Å². The number of anilines is 1. The molecule has 1 atom stereocenters. The minimum Gasteiger partial charge on any atom is -0.492 e. The number of benzene rings is 1. The first-order valence-electron chi connectivity index (χ1n) is 6.07. The van der Waals surface area contributed by atoms with Crippen molar-refractivity contribution >= 4 is 17.4 Å². The van der Waals surface area contributed by atoms with Gasteiger partial charge in [0.1, 0.15) is 5.75 Å². The maximum absolute atomic E-state index is 6.07. The number of hydrogen-bond acceptors (Lipinski definition) is 4. The van der Waals surface area contributed by atoms with E-state index in [0.29, 0.717) is 12.7 Å². The van der Waals surface area contributed by atoms with Gasteiger partial charge in [-0.05, 0) is 31.9 Å². The van der Waals surface area contributed by atoms with Crippen molar-refractivity contribution in [2.24, 2.45) is 0 Å². The Labute approximate surface area is 107 Å². The lowest BCUT2D eigenvalue weighted by atomic mass is 10.3. The molecule has 94 valence electrons. The molecule has 0 aliphatic carbocycles. The van der Waals surface area contributed by atoms with E-state index >= 15 is 0 Å². The molecular formula is C13H19NO2S. The second-order valence-corrected chi connectivity index (χ2v) is 5.11. The monoisotopic (exact) mass is 253 g/mol. The molecule has 1 unspecified atom stereocenters. The minimum absolute atomic E-state index is 0.384. The molecule has 2 N–H and O–H groups in total. The molecule has 0 amide bonds. The zero-order chi connectivity index (χ0) is 12.1. The van der Waals surface area contributed by atoms with E-state index < -0.39 is 0 Å². The molecule has 0 radical (unpaired) electrons. The maximum Gasteiger partial charge on any atom is 0.143 e. The molecule has 1 saturated heterocycles. The van der Waals surface area contributed by atoms with Gasteiger partial charge in [-0.25, -0.2) is 0 Å². The summed E-state index contributed by atoms with van der Waals surface area (Å²) in [5.41, 5.74) is 6.82. The van der Waals surface area contributed by atoms with E-state index in [0.717, 1.165) is 35.1 Å². The highest BCUT2D eigenvalue weighted by molar-refractivity contribution is 7.99. The summed E-state index contributed by atoms with van der Waals surface area (Å²) in [5.74, 6) is 1.75. The number of para-hydroxylation sites is 1. The standard InChI is InChI=1S/C13H19NO2S/c1-2-15-11-6-3-7-12(13(11)14)17-9-10-5-4-8-16-10/h3,6-7,10H,2,4-5,8-9,14H2,1H3. The Balaban J connectivity index is 1.97. The van der Waals surface area contributed by atoms with Gasteiger partial charge in [0.25, 0.3) is 0 Å². The fraction of sp³-hybridized carbons (Fsp3) is 0.538. The lowest BCUT2D eigenvalue weighted by Crippen LogP contribution is -2.08. The van der Waals surface area contributed by atoms with Crippen molar-refractivity contribution in [2.75, 3.05) is 24.7 Å². The fourth-order valence-electron chi connectivity index (χ4n) is 1.89. The molecule has 1 aromatic rings. The normalized spacial score (nSPS) is 19.5. The fourth-order valence-corrected chi connectivity index (χ4v) is 2.95. The number of thioether (sulfide) groups is 1. The first-order chi connectivity index (χ1) is 8.31. The first kappa shape index (κ1) is 12.6. The quantitative estimate of drug-likeness (QED) is 0.647. The molecular weight excluding hydrogens is 234 g/mol. The van der Waals surface area contributed by atoms with Crippen LogP contribution in [0, 0.1) is 0 Å². The molecule has 1 aliphatic rings. The lowest BCUT2D eigenvalue weighted by molar-refractivity contribution is 0.129. The van der Waals surface area contributed by atoms with Crippen molar-refractivity contribution in [3.63, 3.8) is 0 Å². The SMILES string of the molecule is CCOc1cccc(SCC2CCCO2)c1N. The van der Waals surface area contributed by atoms with Crippen molar-refractivity contribution in [2.45, 2.75) is 30.8 Å². The smallest absolute Gasteiger partial charge is 0.143 e. The van der Waals surface area contributed by atoms with Crippen LogP contribution in [0.2, 0.25) is 0 Å². The summed E-state index contributed by atoms with van der Waals surface area (Å²) in [6.45, 7) is 3.51. The van der Waals surface area contributed by atoms with Crippen LogP contribution in [0.5, 0.6) is 5.75 Å². The van der Waals surface area contributed by atoms with E-state index in [1.807, 2.05) is 25.1 Å². The van der Waals surface area contributed by atoms with E-state index in [1.54, 1.807) is 11.8 Å². The van der Waals surface area contributed by atoms with Gasteiger partial charge in [0.05, 0.1) is 18.4 Å². The van der Waals surface area contributed by atoms with Gasteiger partial charge in [0.2, 0.25) is 0 Å². The van der Waals surface area contributed by atoms with Gasteiger partial charge in [-0.3, -0.25) is 0 Å². The summed E-state index contributed by atoms with van der Waals surface area (Å²) in [6, 6.07) is 5.94. The van der Waals surface area contributed by atoms with Gasteiger partial charge in [-0.15, -0.1) is 11.8 Å². The minimum atomic E-state index is 0.384. The van der Waals surface area contributed by atoms with E-state index in [-0.39, 0.29) is 0 Å². The van der Waals surface area contributed by atoms with E-state index in [2.05, 4.69) is 0 Å². The molecule has 4 heteroatoms. The highest BCUT2D eigenvalue weighted by Gasteiger charge is 2.16. The summed E-state index contributed by atoms with van der Waals surface area (Å²) in [5, 5.41) is 0. The van der Waals surface area contributed by atoms with Gasteiger partial charge in [-0.2, -0.15) is 0 Å². The topological polar surface area (TPSA) is 44.5 Å². The second kappa shape index (κ2) is 6.17. The third-order valence-electron chi connectivity index (χ3n) is 2.77. The van der Waals surface area contributed by atoms with Crippen LogP contribution in [0.3, 0.4) is 0 Å². The second-order valence-electron chi connectivity index (χ2n) is 4.05. The Bertz CT molecular complexity index is 364. The predicted octanol–water partition coefficient (Wildman–Crippen LogP) is 2.94. The van der Waals surface area contributed by atoms with Crippen LogP contribution in [-0.4, -0.2) is 25.1 Å². The molecule has 1 fully saturated rings. The predicted molar refractivity (Wildman–Crippen MR) is 71.7 cm³/mol. The molecule has 0 saturated carbocycles. The maximum atomic E-state index is 6.07. The summed E-state index contributed by atoms with van der Waals surface area (Å²) in [7, 11) is 0.